The van der Waals surface area contributed by atoms with Gasteiger partial charge in [-0.15, -0.1) is 0 Å². The first-order chi connectivity index (χ1) is 15.6. The van der Waals surface area contributed by atoms with Crippen molar-refractivity contribution in [3.05, 3.63) is 95.8 Å². The van der Waals surface area contributed by atoms with Crippen LogP contribution in [0.3, 0.4) is 0 Å². The Morgan fingerprint density at radius 2 is 1.69 bits per heavy atom. The van der Waals surface area contributed by atoms with E-state index in [9.17, 15) is 9.59 Å². The molecule has 3 aromatic rings. The van der Waals surface area contributed by atoms with Crippen molar-refractivity contribution in [3.63, 3.8) is 0 Å². The fourth-order valence-corrected chi connectivity index (χ4v) is 3.48. The molecule has 0 aliphatic carbocycles. The molecule has 0 bridgehead atoms. The summed E-state index contributed by atoms with van der Waals surface area (Å²) in [5.74, 6) is 0.473. The minimum absolute atomic E-state index is 0.0743. The topological polar surface area (TPSA) is 71.5 Å². The quantitative estimate of drug-likeness (QED) is 0.531. The average molecular weight is 432 g/mol. The van der Waals surface area contributed by atoms with Gasteiger partial charge in [-0.05, 0) is 35.4 Å². The van der Waals surface area contributed by atoms with E-state index in [4.69, 9.17) is 4.74 Å². The zero-order chi connectivity index (χ0) is 22.8. The number of pyridine rings is 1. The monoisotopic (exact) mass is 431 g/mol. The average Bonchev–Trinajstić information content (AvgIpc) is 2.85. The zero-order valence-electron chi connectivity index (χ0n) is 18.5. The molecular weight excluding hydrogens is 402 g/mol. The number of rotatable bonds is 10. The third-order valence-corrected chi connectivity index (χ3v) is 5.26. The summed E-state index contributed by atoms with van der Waals surface area (Å²) in [5, 5.41) is 2.97. The summed E-state index contributed by atoms with van der Waals surface area (Å²) in [6.45, 7) is 2.46. The van der Waals surface area contributed by atoms with Gasteiger partial charge in [0.25, 0.3) is 0 Å². The third kappa shape index (κ3) is 6.41. The molecule has 0 radical (unpaired) electrons. The number of hydrogen-bond acceptors (Lipinski definition) is 4. The highest BCUT2D eigenvalue weighted by Crippen LogP contribution is 2.18. The number of methoxy groups -OCH3 is 1. The second-order valence-corrected chi connectivity index (χ2v) is 7.47. The fourth-order valence-electron chi connectivity index (χ4n) is 3.48. The Morgan fingerprint density at radius 3 is 2.31 bits per heavy atom. The Morgan fingerprint density at radius 1 is 0.969 bits per heavy atom. The minimum Gasteiger partial charge on any atom is -0.497 e. The first kappa shape index (κ1) is 23.0. The standard InChI is InChI=1S/C26H29N3O3/c1-3-25(30)29(19-21-12-14-23(32-2)15-13-21)24(17-20-9-5-4-6-10-20)26(31)28-18-22-11-7-8-16-27-22/h4-16,24H,3,17-19H2,1-2H3,(H,28,31). The number of nitrogens with one attached hydrogen (secondary N) is 1. The molecule has 2 aromatic carbocycles. The summed E-state index contributed by atoms with van der Waals surface area (Å²) < 4.78 is 5.23. The van der Waals surface area contributed by atoms with Crippen molar-refractivity contribution in [2.45, 2.75) is 38.9 Å². The van der Waals surface area contributed by atoms with Gasteiger partial charge in [0, 0.05) is 25.6 Å². The molecule has 0 aliphatic heterocycles. The van der Waals surface area contributed by atoms with Gasteiger partial charge in [-0.2, -0.15) is 0 Å². The van der Waals surface area contributed by atoms with Crippen LogP contribution >= 0.6 is 0 Å². The molecule has 6 nitrogen and oxygen atoms in total. The molecule has 1 N–H and O–H groups in total. The Bertz CT molecular complexity index is 992. The van der Waals surface area contributed by atoms with E-state index in [1.165, 1.54) is 0 Å². The predicted molar refractivity (Wildman–Crippen MR) is 124 cm³/mol. The summed E-state index contributed by atoms with van der Waals surface area (Å²) in [6, 6.07) is 22.2. The molecule has 1 unspecified atom stereocenters. The zero-order valence-corrected chi connectivity index (χ0v) is 18.5. The van der Waals surface area contributed by atoms with E-state index in [-0.39, 0.29) is 11.8 Å². The molecule has 1 aromatic heterocycles. The maximum absolute atomic E-state index is 13.3. The smallest absolute Gasteiger partial charge is 0.243 e. The van der Waals surface area contributed by atoms with E-state index in [2.05, 4.69) is 10.3 Å². The largest absolute Gasteiger partial charge is 0.497 e. The van der Waals surface area contributed by atoms with Crippen molar-refractivity contribution >= 4 is 11.8 Å². The number of aromatic nitrogens is 1. The molecule has 1 heterocycles. The Hall–Kier alpha value is -3.67. The molecular formula is C26H29N3O3. The number of amides is 2. The molecule has 3 rings (SSSR count). The lowest BCUT2D eigenvalue weighted by atomic mass is 10.0. The fraction of sp³-hybridized carbons (Fsp3) is 0.269. The summed E-state index contributed by atoms with van der Waals surface area (Å²) in [4.78, 5) is 32.2. The molecule has 166 valence electrons. The van der Waals surface area contributed by atoms with Crippen LogP contribution in [-0.4, -0.2) is 34.8 Å². The van der Waals surface area contributed by atoms with Gasteiger partial charge in [-0.1, -0.05) is 55.5 Å². The second-order valence-electron chi connectivity index (χ2n) is 7.47. The Labute approximate surface area is 189 Å². The van der Waals surface area contributed by atoms with Gasteiger partial charge < -0.3 is 15.0 Å². The molecule has 6 heteroatoms. The predicted octanol–water partition coefficient (Wildman–Crippen LogP) is 3.76. The van der Waals surface area contributed by atoms with Crippen LogP contribution in [0.25, 0.3) is 0 Å². The van der Waals surface area contributed by atoms with Crippen molar-refractivity contribution in [1.82, 2.24) is 15.2 Å². The number of carbonyl (C=O) groups is 2. The van der Waals surface area contributed by atoms with Crippen molar-refractivity contribution in [3.8, 4) is 5.75 Å². The molecule has 32 heavy (non-hydrogen) atoms. The maximum Gasteiger partial charge on any atom is 0.243 e. The lowest BCUT2D eigenvalue weighted by Crippen LogP contribution is -2.50. The van der Waals surface area contributed by atoms with Crippen LogP contribution in [-0.2, 0) is 29.1 Å². The molecule has 0 aliphatic rings. The highest BCUT2D eigenvalue weighted by molar-refractivity contribution is 5.87. The molecule has 2 amide bonds. The van der Waals surface area contributed by atoms with Gasteiger partial charge in [0.2, 0.25) is 11.8 Å². The lowest BCUT2D eigenvalue weighted by Gasteiger charge is -2.31. The summed E-state index contributed by atoms with van der Waals surface area (Å²) in [7, 11) is 1.61. The highest BCUT2D eigenvalue weighted by Gasteiger charge is 2.29. The SMILES string of the molecule is CCC(=O)N(Cc1ccc(OC)cc1)C(Cc1ccccc1)C(=O)NCc1ccccn1. The van der Waals surface area contributed by atoms with E-state index < -0.39 is 6.04 Å². The van der Waals surface area contributed by atoms with Crippen LogP contribution in [0.4, 0.5) is 0 Å². The van der Waals surface area contributed by atoms with E-state index >= 15 is 0 Å². The number of hydrogen-bond donors (Lipinski definition) is 1. The van der Waals surface area contributed by atoms with Gasteiger partial charge in [0.1, 0.15) is 11.8 Å². The molecule has 0 saturated carbocycles. The first-order valence-corrected chi connectivity index (χ1v) is 10.7. The summed E-state index contributed by atoms with van der Waals surface area (Å²) in [5.41, 5.74) is 2.69. The normalized spacial score (nSPS) is 11.4. The molecule has 1 atom stereocenters. The number of nitrogens with zero attached hydrogens (tertiary/aromatic N) is 2. The number of ether oxygens (including phenoxy) is 1. The van der Waals surface area contributed by atoms with Crippen LogP contribution in [0.2, 0.25) is 0 Å². The molecule has 0 fully saturated rings. The summed E-state index contributed by atoms with van der Waals surface area (Å²) >= 11 is 0. The van der Waals surface area contributed by atoms with Crippen molar-refractivity contribution in [2.75, 3.05) is 7.11 Å². The van der Waals surface area contributed by atoms with Crippen LogP contribution in [0.1, 0.15) is 30.2 Å². The molecule has 0 spiro atoms. The number of benzene rings is 2. The Balaban J connectivity index is 1.85. The van der Waals surface area contributed by atoms with Crippen LogP contribution in [0, 0.1) is 0 Å². The molecule has 0 saturated heterocycles. The van der Waals surface area contributed by atoms with E-state index in [1.807, 2.05) is 79.7 Å². The van der Waals surface area contributed by atoms with E-state index in [0.717, 1.165) is 22.6 Å². The van der Waals surface area contributed by atoms with Crippen LogP contribution < -0.4 is 10.1 Å². The van der Waals surface area contributed by atoms with Gasteiger partial charge in [0.15, 0.2) is 0 Å². The summed E-state index contributed by atoms with van der Waals surface area (Å²) in [6.07, 6.45) is 2.44. The van der Waals surface area contributed by atoms with Gasteiger partial charge in [-0.3, -0.25) is 14.6 Å². The van der Waals surface area contributed by atoms with Gasteiger partial charge >= 0.3 is 0 Å². The Kier molecular flexibility index (Phi) is 8.37. The van der Waals surface area contributed by atoms with Gasteiger partial charge in [0.05, 0.1) is 19.3 Å². The van der Waals surface area contributed by atoms with Crippen LogP contribution in [0.5, 0.6) is 5.75 Å². The van der Waals surface area contributed by atoms with Crippen LogP contribution in [0.15, 0.2) is 79.0 Å². The minimum atomic E-state index is -0.643. The van der Waals surface area contributed by atoms with Crippen molar-refractivity contribution < 1.29 is 14.3 Å². The van der Waals surface area contributed by atoms with Crippen molar-refractivity contribution in [2.24, 2.45) is 0 Å². The first-order valence-electron chi connectivity index (χ1n) is 10.7. The van der Waals surface area contributed by atoms with Crippen molar-refractivity contribution in [1.29, 1.82) is 0 Å². The third-order valence-electron chi connectivity index (χ3n) is 5.26. The lowest BCUT2D eigenvalue weighted by molar-refractivity contribution is -0.141. The maximum atomic E-state index is 13.3. The van der Waals surface area contributed by atoms with E-state index in [0.29, 0.717) is 25.9 Å². The van der Waals surface area contributed by atoms with Gasteiger partial charge in [-0.25, -0.2) is 0 Å². The number of carbonyl (C=O) groups excluding carboxylic acids is 2. The second kappa shape index (κ2) is 11.6. The van der Waals surface area contributed by atoms with E-state index in [1.54, 1.807) is 18.2 Å². The highest BCUT2D eigenvalue weighted by atomic mass is 16.5.